The first-order chi connectivity index (χ1) is 12.3. The van der Waals surface area contributed by atoms with Gasteiger partial charge in [0, 0.05) is 45.3 Å². The predicted molar refractivity (Wildman–Crippen MR) is 99.6 cm³/mol. The number of carbonyl (C=O) groups excluding carboxylic acids is 1. The van der Waals surface area contributed by atoms with Crippen molar-refractivity contribution in [3.63, 3.8) is 0 Å². The Bertz CT molecular complexity index is 562. The van der Waals surface area contributed by atoms with E-state index in [1.165, 1.54) is 31.5 Å². The van der Waals surface area contributed by atoms with Gasteiger partial charge in [-0.1, -0.05) is 30.3 Å². The van der Waals surface area contributed by atoms with Crippen LogP contribution in [0.2, 0.25) is 0 Å². The van der Waals surface area contributed by atoms with Gasteiger partial charge in [-0.25, -0.2) is 4.79 Å². The van der Waals surface area contributed by atoms with Crippen molar-refractivity contribution in [2.45, 2.75) is 25.3 Å². The molecule has 4 fully saturated rings. The highest BCUT2D eigenvalue weighted by Gasteiger charge is 2.35. The molecular weight excluding hydrogens is 312 g/mol. The molecule has 25 heavy (non-hydrogen) atoms. The molecule has 4 aliphatic rings. The summed E-state index contributed by atoms with van der Waals surface area (Å²) in [5, 5.41) is 3.32. The van der Waals surface area contributed by atoms with Gasteiger partial charge in [-0.15, -0.1) is 0 Å². The molecule has 1 aromatic rings. The van der Waals surface area contributed by atoms with E-state index in [1.807, 2.05) is 4.90 Å². The van der Waals surface area contributed by atoms with E-state index in [-0.39, 0.29) is 6.03 Å². The molecule has 2 bridgehead atoms. The molecular formula is C20H30N4O. The average Bonchev–Trinajstić information content (AvgIpc) is 2.68. The van der Waals surface area contributed by atoms with Crippen LogP contribution in [0.25, 0.3) is 0 Å². The molecule has 4 aliphatic heterocycles. The molecule has 1 aromatic carbocycles. The molecule has 2 amide bonds. The number of amides is 2. The lowest BCUT2D eigenvalue weighted by Crippen LogP contribution is -2.60. The van der Waals surface area contributed by atoms with Crippen LogP contribution in [-0.2, 0) is 6.42 Å². The fourth-order valence-corrected chi connectivity index (χ4v) is 4.48. The topological polar surface area (TPSA) is 38.8 Å². The van der Waals surface area contributed by atoms with Gasteiger partial charge in [-0.3, -0.25) is 4.90 Å². The summed E-state index contributed by atoms with van der Waals surface area (Å²) in [6.07, 6.45) is 3.59. The number of piperidine rings is 3. The zero-order valence-corrected chi connectivity index (χ0v) is 15.1. The first-order valence-corrected chi connectivity index (χ1v) is 9.82. The number of nitrogens with zero attached hydrogens (tertiary/aromatic N) is 3. The van der Waals surface area contributed by atoms with E-state index in [1.54, 1.807) is 0 Å². The van der Waals surface area contributed by atoms with E-state index in [0.717, 1.165) is 45.7 Å². The molecule has 0 radical (unpaired) electrons. The number of urea groups is 1. The van der Waals surface area contributed by atoms with Gasteiger partial charge < -0.3 is 15.1 Å². The van der Waals surface area contributed by atoms with E-state index in [4.69, 9.17) is 0 Å². The van der Waals surface area contributed by atoms with Crippen molar-refractivity contribution in [3.05, 3.63) is 35.9 Å². The summed E-state index contributed by atoms with van der Waals surface area (Å²) in [4.78, 5) is 19.6. The van der Waals surface area contributed by atoms with Crippen LogP contribution in [0.4, 0.5) is 4.79 Å². The lowest BCUT2D eigenvalue weighted by Gasteiger charge is -2.45. The van der Waals surface area contributed by atoms with Gasteiger partial charge in [0.2, 0.25) is 0 Å². The maximum absolute atomic E-state index is 12.6. The summed E-state index contributed by atoms with van der Waals surface area (Å²) in [7, 11) is 0. The highest BCUT2D eigenvalue weighted by Crippen LogP contribution is 2.27. The second-order valence-corrected chi connectivity index (χ2v) is 7.76. The molecule has 5 rings (SSSR count). The van der Waals surface area contributed by atoms with Crippen molar-refractivity contribution < 1.29 is 4.79 Å². The normalized spacial score (nSPS) is 29.6. The van der Waals surface area contributed by atoms with E-state index in [0.29, 0.717) is 12.0 Å². The average molecular weight is 342 g/mol. The van der Waals surface area contributed by atoms with Crippen molar-refractivity contribution in [2.24, 2.45) is 5.92 Å². The molecule has 4 heterocycles. The zero-order valence-electron chi connectivity index (χ0n) is 15.1. The first kappa shape index (κ1) is 16.9. The number of hydrogen-bond donors (Lipinski definition) is 1. The van der Waals surface area contributed by atoms with Crippen LogP contribution >= 0.6 is 0 Å². The minimum atomic E-state index is 0.154. The number of piperazine rings is 1. The largest absolute Gasteiger partial charge is 0.334 e. The van der Waals surface area contributed by atoms with Crippen LogP contribution in [0.5, 0.6) is 0 Å². The Balaban J connectivity index is 1.20. The SMILES string of the molecule is O=C(NC1CN2CCC1CC2)N1CCN(CCc2ccccc2)CC1. The smallest absolute Gasteiger partial charge is 0.317 e. The Hall–Kier alpha value is -1.59. The third-order valence-electron chi connectivity index (χ3n) is 6.18. The van der Waals surface area contributed by atoms with Crippen molar-refractivity contribution in [1.29, 1.82) is 0 Å². The van der Waals surface area contributed by atoms with E-state index in [2.05, 4.69) is 45.4 Å². The van der Waals surface area contributed by atoms with Crippen LogP contribution < -0.4 is 5.32 Å². The number of rotatable bonds is 4. The van der Waals surface area contributed by atoms with Gasteiger partial charge in [-0.2, -0.15) is 0 Å². The Morgan fingerprint density at radius 3 is 2.36 bits per heavy atom. The van der Waals surface area contributed by atoms with Gasteiger partial charge >= 0.3 is 6.03 Å². The molecule has 0 aromatic heterocycles. The van der Waals surface area contributed by atoms with Crippen molar-refractivity contribution in [3.8, 4) is 0 Å². The van der Waals surface area contributed by atoms with Gasteiger partial charge in [0.25, 0.3) is 0 Å². The quantitative estimate of drug-likeness (QED) is 0.904. The molecule has 1 unspecified atom stereocenters. The predicted octanol–water partition coefficient (Wildman–Crippen LogP) is 1.65. The highest BCUT2D eigenvalue weighted by atomic mass is 16.2. The van der Waals surface area contributed by atoms with Crippen LogP contribution in [0.1, 0.15) is 18.4 Å². The number of nitrogens with one attached hydrogen (secondary N) is 1. The summed E-state index contributed by atoms with van der Waals surface area (Å²) in [6.45, 7) is 8.24. The van der Waals surface area contributed by atoms with Gasteiger partial charge in [0.15, 0.2) is 0 Å². The molecule has 4 saturated heterocycles. The molecule has 0 aliphatic carbocycles. The summed E-state index contributed by atoms with van der Waals surface area (Å²) in [6, 6.07) is 11.2. The summed E-state index contributed by atoms with van der Waals surface area (Å²) in [5.41, 5.74) is 1.39. The van der Waals surface area contributed by atoms with Gasteiger partial charge in [0.05, 0.1) is 0 Å². The van der Waals surface area contributed by atoms with Crippen molar-refractivity contribution in [1.82, 2.24) is 20.0 Å². The van der Waals surface area contributed by atoms with Crippen LogP contribution in [-0.4, -0.2) is 79.1 Å². The van der Waals surface area contributed by atoms with Crippen LogP contribution in [0.15, 0.2) is 30.3 Å². The van der Waals surface area contributed by atoms with Crippen molar-refractivity contribution in [2.75, 3.05) is 52.4 Å². The molecule has 5 nitrogen and oxygen atoms in total. The standard InChI is InChI=1S/C20H30N4O/c25-20(21-19-16-23-10-7-18(19)8-11-23)24-14-12-22(13-15-24)9-6-17-4-2-1-3-5-17/h1-5,18-19H,6-16H2,(H,21,25). The zero-order chi connectivity index (χ0) is 17.1. The Morgan fingerprint density at radius 2 is 1.72 bits per heavy atom. The summed E-state index contributed by atoms with van der Waals surface area (Å²) in [5.74, 6) is 0.695. The molecule has 0 saturated carbocycles. The Morgan fingerprint density at radius 1 is 1.00 bits per heavy atom. The molecule has 1 N–H and O–H groups in total. The van der Waals surface area contributed by atoms with Crippen molar-refractivity contribution >= 4 is 6.03 Å². The molecule has 136 valence electrons. The fourth-order valence-electron chi connectivity index (χ4n) is 4.48. The number of benzene rings is 1. The van der Waals surface area contributed by atoms with E-state index in [9.17, 15) is 4.79 Å². The Labute approximate surface area is 151 Å². The second kappa shape index (κ2) is 7.75. The number of fused-ring (bicyclic) bond motifs is 3. The molecule has 5 heteroatoms. The van der Waals surface area contributed by atoms with Gasteiger partial charge in [-0.05, 0) is 43.8 Å². The molecule has 1 atom stereocenters. The summed E-state index contributed by atoms with van der Waals surface area (Å²) >= 11 is 0. The maximum Gasteiger partial charge on any atom is 0.317 e. The number of hydrogen-bond acceptors (Lipinski definition) is 3. The minimum absolute atomic E-state index is 0.154. The third-order valence-corrected chi connectivity index (χ3v) is 6.18. The minimum Gasteiger partial charge on any atom is -0.334 e. The maximum atomic E-state index is 12.6. The Kier molecular flexibility index (Phi) is 5.22. The molecule has 0 spiro atoms. The first-order valence-electron chi connectivity index (χ1n) is 9.82. The third kappa shape index (κ3) is 4.15. The van der Waals surface area contributed by atoms with Crippen LogP contribution in [0, 0.1) is 5.92 Å². The summed E-state index contributed by atoms with van der Waals surface area (Å²) < 4.78 is 0. The van der Waals surface area contributed by atoms with E-state index >= 15 is 0 Å². The van der Waals surface area contributed by atoms with Gasteiger partial charge in [0.1, 0.15) is 0 Å². The lowest BCUT2D eigenvalue weighted by atomic mass is 9.84. The monoisotopic (exact) mass is 342 g/mol. The number of carbonyl (C=O) groups is 1. The van der Waals surface area contributed by atoms with Crippen LogP contribution in [0.3, 0.4) is 0 Å². The lowest BCUT2D eigenvalue weighted by molar-refractivity contribution is 0.0698. The highest BCUT2D eigenvalue weighted by molar-refractivity contribution is 5.74. The van der Waals surface area contributed by atoms with E-state index < -0.39 is 0 Å². The second-order valence-electron chi connectivity index (χ2n) is 7.76. The fraction of sp³-hybridized carbons (Fsp3) is 0.650.